The van der Waals surface area contributed by atoms with Gasteiger partial charge in [-0.15, -0.1) is 11.3 Å². The molecule has 3 heterocycles. The smallest absolute Gasteiger partial charge is 0.243 e. The average molecular weight is 438 g/mol. The van der Waals surface area contributed by atoms with E-state index < -0.39 is 0 Å². The molecule has 31 heavy (non-hydrogen) atoms. The molecule has 160 valence electrons. The molecule has 8 heteroatoms. The number of carbonyl (C=O) groups is 2. The van der Waals surface area contributed by atoms with Crippen LogP contribution < -0.4 is 19.7 Å². The summed E-state index contributed by atoms with van der Waals surface area (Å²) in [5.41, 5.74) is 1.38. The molecule has 2 amide bonds. The molecule has 1 aliphatic heterocycles. The van der Waals surface area contributed by atoms with Crippen molar-refractivity contribution in [1.29, 1.82) is 0 Å². The number of aromatic nitrogens is 1. The van der Waals surface area contributed by atoms with Crippen LogP contribution in [0.3, 0.4) is 0 Å². The number of thiophene rings is 1. The fourth-order valence-electron chi connectivity index (χ4n) is 3.43. The summed E-state index contributed by atoms with van der Waals surface area (Å²) in [6, 6.07) is 13.1. The third kappa shape index (κ3) is 4.86. The quantitative estimate of drug-likeness (QED) is 0.606. The van der Waals surface area contributed by atoms with Crippen LogP contribution >= 0.6 is 11.3 Å². The third-order valence-electron chi connectivity index (χ3n) is 4.99. The van der Waals surface area contributed by atoms with Crippen molar-refractivity contribution in [1.82, 2.24) is 10.3 Å². The standard InChI is InChI=1S/C23H23N3O4S/c1-29-19-8-2-5-16-15-26(18-7-3-12-25-23(18)30-22(16)19)21(28)10-9-20(27)24-13-11-17-6-4-14-31-17/h2-8,12,14H,9-11,13,15H2,1H3,(H,24,27). The van der Waals surface area contributed by atoms with E-state index in [-0.39, 0.29) is 24.7 Å². The van der Waals surface area contributed by atoms with Gasteiger partial charge in [-0.05, 0) is 36.1 Å². The van der Waals surface area contributed by atoms with Crippen molar-refractivity contribution >= 4 is 28.8 Å². The summed E-state index contributed by atoms with van der Waals surface area (Å²) in [5.74, 6) is 1.16. The van der Waals surface area contributed by atoms with Gasteiger partial charge in [0.2, 0.25) is 17.7 Å². The van der Waals surface area contributed by atoms with Crippen LogP contribution in [0.2, 0.25) is 0 Å². The van der Waals surface area contributed by atoms with Gasteiger partial charge in [-0.3, -0.25) is 9.59 Å². The van der Waals surface area contributed by atoms with Crippen molar-refractivity contribution in [2.24, 2.45) is 0 Å². The Morgan fingerprint density at radius 1 is 1.19 bits per heavy atom. The zero-order valence-electron chi connectivity index (χ0n) is 17.2. The Morgan fingerprint density at radius 3 is 2.90 bits per heavy atom. The van der Waals surface area contributed by atoms with Crippen molar-refractivity contribution in [3.63, 3.8) is 0 Å². The summed E-state index contributed by atoms with van der Waals surface area (Å²) in [7, 11) is 1.57. The number of nitrogens with zero attached hydrogens (tertiary/aromatic N) is 2. The Hall–Kier alpha value is -3.39. The van der Waals surface area contributed by atoms with Crippen molar-refractivity contribution in [3.8, 4) is 17.4 Å². The molecular weight excluding hydrogens is 414 g/mol. The van der Waals surface area contributed by atoms with E-state index in [1.54, 1.807) is 47.7 Å². The van der Waals surface area contributed by atoms with E-state index in [0.717, 1.165) is 12.0 Å². The highest BCUT2D eigenvalue weighted by molar-refractivity contribution is 7.09. The lowest BCUT2D eigenvalue weighted by atomic mass is 10.1. The predicted octanol–water partition coefficient (Wildman–Crippen LogP) is 3.93. The molecule has 0 atom stereocenters. The van der Waals surface area contributed by atoms with Gasteiger partial charge in [0.05, 0.1) is 13.7 Å². The van der Waals surface area contributed by atoms with Crippen LogP contribution in [0.15, 0.2) is 54.0 Å². The summed E-state index contributed by atoms with van der Waals surface area (Å²) in [5, 5.41) is 4.90. The minimum absolute atomic E-state index is 0.0957. The molecular formula is C23H23N3O4S. The maximum absolute atomic E-state index is 13.1. The van der Waals surface area contributed by atoms with Crippen LogP contribution in [0.4, 0.5) is 5.69 Å². The highest BCUT2D eigenvalue weighted by Gasteiger charge is 2.28. The van der Waals surface area contributed by atoms with Gasteiger partial charge < -0.3 is 19.7 Å². The topological polar surface area (TPSA) is 80.8 Å². The minimum Gasteiger partial charge on any atom is -0.493 e. The van der Waals surface area contributed by atoms with Gasteiger partial charge in [-0.1, -0.05) is 18.2 Å². The summed E-state index contributed by atoms with van der Waals surface area (Å²) < 4.78 is 11.4. The van der Waals surface area contributed by atoms with E-state index in [0.29, 0.717) is 36.2 Å². The van der Waals surface area contributed by atoms with Gasteiger partial charge >= 0.3 is 0 Å². The lowest BCUT2D eigenvalue weighted by molar-refractivity contribution is -0.125. The molecule has 1 N–H and O–H groups in total. The molecule has 0 spiro atoms. The Bertz CT molecular complexity index is 1070. The van der Waals surface area contributed by atoms with Crippen LogP contribution in [-0.4, -0.2) is 30.5 Å². The molecule has 0 radical (unpaired) electrons. The first-order valence-corrected chi connectivity index (χ1v) is 10.9. The van der Waals surface area contributed by atoms with Gasteiger partial charge in [-0.2, -0.15) is 0 Å². The van der Waals surface area contributed by atoms with E-state index in [1.807, 2.05) is 29.6 Å². The van der Waals surface area contributed by atoms with Gasteiger partial charge in [0, 0.05) is 36.0 Å². The van der Waals surface area contributed by atoms with Crippen molar-refractivity contribution in [3.05, 3.63) is 64.5 Å². The van der Waals surface area contributed by atoms with Crippen LogP contribution in [0.25, 0.3) is 0 Å². The van der Waals surface area contributed by atoms with Crippen molar-refractivity contribution in [2.75, 3.05) is 18.6 Å². The molecule has 2 aromatic heterocycles. The first-order valence-electron chi connectivity index (χ1n) is 10.0. The number of methoxy groups -OCH3 is 1. The van der Waals surface area contributed by atoms with E-state index >= 15 is 0 Å². The first kappa shape index (κ1) is 20.9. The Morgan fingerprint density at radius 2 is 2.10 bits per heavy atom. The molecule has 3 aromatic rings. The second-order valence-electron chi connectivity index (χ2n) is 7.04. The zero-order valence-corrected chi connectivity index (χ0v) is 18.0. The molecule has 0 saturated heterocycles. The number of nitrogens with one attached hydrogen (secondary N) is 1. The fraction of sp³-hybridized carbons (Fsp3) is 0.261. The Balaban J connectivity index is 1.43. The maximum Gasteiger partial charge on any atom is 0.243 e. The van der Waals surface area contributed by atoms with Gasteiger partial charge in [0.1, 0.15) is 5.69 Å². The lowest BCUT2D eigenvalue weighted by Gasteiger charge is -2.21. The molecule has 4 rings (SSSR count). The number of amides is 2. The molecule has 0 unspecified atom stereocenters. The normalized spacial score (nSPS) is 12.2. The van der Waals surface area contributed by atoms with E-state index in [9.17, 15) is 9.59 Å². The molecule has 7 nitrogen and oxygen atoms in total. The number of benzene rings is 1. The maximum atomic E-state index is 13.1. The molecule has 0 fully saturated rings. The Labute approximate surface area is 184 Å². The first-order chi connectivity index (χ1) is 15.2. The second kappa shape index (κ2) is 9.61. The number of rotatable bonds is 7. The summed E-state index contributed by atoms with van der Waals surface area (Å²) in [6.45, 7) is 0.870. The number of ether oxygens (including phenoxy) is 2. The number of fused-ring (bicyclic) bond motifs is 2. The molecule has 0 aliphatic carbocycles. The number of para-hydroxylation sites is 1. The molecule has 0 bridgehead atoms. The van der Waals surface area contributed by atoms with E-state index in [4.69, 9.17) is 9.47 Å². The van der Waals surface area contributed by atoms with Gasteiger partial charge in [0.25, 0.3) is 0 Å². The van der Waals surface area contributed by atoms with Crippen LogP contribution in [0, 0.1) is 0 Å². The van der Waals surface area contributed by atoms with Crippen LogP contribution in [-0.2, 0) is 22.6 Å². The highest BCUT2D eigenvalue weighted by Crippen LogP contribution is 2.42. The number of hydrogen-bond donors (Lipinski definition) is 1. The summed E-state index contributed by atoms with van der Waals surface area (Å²) in [6.07, 6.45) is 2.63. The molecule has 1 aromatic carbocycles. The third-order valence-corrected chi connectivity index (χ3v) is 5.93. The zero-order chi connectivity index (χ0) is 21.6. The summed E-state index contributed by atoms with van der Waals surface area (Å²) >= 11 is 1.67. The number of anilines is 1. The van der Waals surface area contributed by atoms with Crippen molar-refractivity contribution in [2.45, 2.75) is 25.8 Å². The SMILES string of the molecule is COc1cccc2c1Oc1ncccc1N(C(=O)CCC(=O)NCCc1cccs1)C2. The monoisotopic (exact) mass is 437 g/mol. The lowest BCUT2D eigenvalue weighted by Crippen LogP contribution is -2.32. The van der Waals surface area contributed by atoms with E-state index in [1.165, 1.54) is 4.88 Å². The number of pyridine rings is 1. The second-order valence-corrected chi connectivity index (χ2v) is 8.07. The number of hydrogen-bond acceptors (Lipinski definition) is 6. The fourth-order valence-corrected chi connectivity index (χ4v) is 4.14. The van der Waals surface area contributed by atoms with Gasteiger partial charge in [0.15, 0.2) is 11.5 Å². The average Bonchev–Trinajstić information content (AvgIpc) is 3.24. The molecule has 0 saturated carbocycles. The largest absolute Gasteiger partial charge is 0.493 e. The predicted molar refractivity (Wildman–Crippen MR) is 119 cm³/mol. The van der Waals surface area contributed by atoms with Crippen molar-refractivity contribution < 1.29 is 19.1 Å². The van der Waals surface area contributed by atoms with Gasteiger partial charge in [-0.25, -0.2) is 4.98 Å². The number of carbonyl (C=O) groups excluding carboxylic acids is 2. The van der Waals surface area contributed by atoms with Crippen LogP contribution in [0.1, 0.15) is 23.3 Å². The summed E-state index contributed by atoms with van der Waals surface area (Å²) in [4.78, 5) is 32.4. The minimum atomic E-state index is -0.165. The van der Waals surface area contributed by atoms with Crippen LogP contribution in [0.5, 0.6) is 17.4 Å². The van der Waals surface area contributed by atoms with E-state index in [2.05, 4.69) is 10.3 Å². The molecule has 1 aliphatic rings. The highest BCUT2D eigenvalue weighted by atomic mass is 32.1. The Kier molecular flexibility index (Phi) is 6.47.